The molecule has 2 aliphatic rings. The molecule has 0 radical (unpaired) electrons. The third-order valence-corrected chi connectivity index (χ3v) is 5.49. The van der Waals surface area contributed by atoms with Gasteiger partial charge in [0.2, 0.25) is 11.8 Å². The summed E-state index contributed by atoms with van der Waals surface area (Å²) in [4.78, 5) is 32.9. The van der Waals surface area contributed by atoms with Crippen molar-refractivity contribution >= 4 is 11.8 Å². The monoisotopic (exact) mass is 365 g/mol. The number of para-hydroxylation sites is 1. The molecule has 3 heterocycles. The van der Waals surface area contributed by atoms with Crippen molar-refractivity contribution in [2.75, 3.05) is 26.7 Å². The summed E-state index contributed by atoms with van der Waals surface area (Å²) >= 11 is 0. The van der Waals surface area contributed by atoms with Gasteiger partial charge in [-0.2, -0.15) is 0 Å². The van der Waals surface area contributed by atoms with Crippen LogP contribution in [-0.4, -0.2) is 53.3 Å². The second kappa shape index (κ2) is 7.39. The van der Waals surface area contributed by atoms with E-state index in [0.29, 0.717) is 25.4 Å². The van der Waals surface area contributed by atoms with Crippen molar-refractivity contribution in [3.8, 4) is 5.75 Å². The lowest BCUT2D eigenvalue weighted by Crippen LogP contribution is -2.51. The largest absolute Gasteiger partial charge is 0.496 e. The van der Waals surface area contributed by atoms with Crippen LogP contribution in [0.1, 0.15) is 23.5 Å². The number of pyridine rings is 1. The van der Waals surface area contributed by atoms with Crippen LogP contribution >= 0.6 is 0 Å². The second-order valence-corrected chi connectivity index (χ2v) is 7.21. The highest BCUT2D eigenvalue weighted by atomic mass is 16.5. The first-order valence-corrected chi connectivity index (χ1v) is 9.24. The van der Waals surface area contributed by atoms with E-state index in [1.165, 1.54) is 5.56 Å². The predicted octanol–water partition coefficient (Wildman–Crippen LogP) is 2.06. The van der Waals surface area contributed by atoms with E-state index in [2.05, 4.69) is 4.98 Å². The minimum absolute atomic E-state index is 0.0328. The number of hydrogen-bond acceptors (Lipinski definition) is 4. The Bertz CT molecular complexity index is 834. The Morgan fingerprint density at radius 2 is 1.89 bits per heavy atom. The molecule has 2 fully saturated rings. The minimum Gasteiger partial charge on any atom is -0.496 e. The highest BCUT2D eigenvalue weighted by Gasteiger charge is 2.40. The summed E-state index contributed by atoms with van der Waals surface area (Å²) in [5.74, 6) is 1.02. The standard InChI is InChI=1S/C21H23N3O3/c1-27-19-5-3-2-4-16(19)11-23-12-17(10-20(23)25)21(26)24-13-18(14-24)15-6-8-22-9-7-15/h2-9,17-18H,10-14H2,1H3/t17-/m0/s1. The molecule has 0 spiro atoms. The predicted molar refractivity (Wildman–Crippen MR) is 100 cm³/mol. The zero-order valence-electron chi connectivity index (χ0n) is 15.4. The summed E-state index contributed by atoms with van der Waals surface area (Å²) < 4.78 is 5.37. The van der Waals surface area contributed by atoms with Crippen molar-refractivity contribution in [3.05, 3.63) is 59.9 Å². The molecule has 2 aliphatic heterocycles. The molecule has 140 valence electrons. The molecular weight excluding hydrogens is 342 g/mol. The van der Waals surface area contributed by atoms with E-state index < -0.39 is 0 Å². The normalized spacial score (nSPS) is 19.9. The van der Waals surface area contributed by atoms with Gasteiger partial charge >= 0.3 is 0 Å². The van der Waals surface area contributed by atoms with Crippen LogP contribution in [-0.2, 0) is 16.1 Å². The van der Waals surface area contributed by atoms with Crippen molar-refractivity contribution in [2.24, 2.45) is 5.92 Å². The number of carbonyl (C=O) groups excluding carboxylic acids is 2. The van der Waals surface area contributed by atoms with Crippen LogP contribution in [0, 0.1) is 5.92 Å². The molecule has 0 saturated carbocycles. The average Bonchev–Trinajstić information content (AvgIpc) is 3.02. The highest BCUT2D eigenvalue weighted by Crippen LogP contribution is 2.31. The van der Waals surface area contributed by atoms with Gasteiger partial charge in [-0.05, 0) is 23.8 Å². The van der Waals surface area contributed by atoms with Gasteiger partial charge in [0.25, 0.3) is 0 Å². The van der Waals surface area contributed by atoms with Crippen molar-refractivity contribution in [3.63, 3.8) is 0 Å². The van der Waals surface area contributed by atoms with E-state index >= 15 is 0 Å². The lowest BCUT2D eigenvalue weighted by atomic mass is 9.90. The molecule has 6 nitrogen and oxygen atoms in total. The Balaban J connectivity index is 1.35. The van der Waals surface area contributed by atoms with E-state index in [0.717, 1.165) is 24.4 Å². The summed E-state index contributed by atoms with van der Waals surface area (Å²) in [6.45, 7) is 2.40. The molecular formula is C21H23N3O3. The molecule has 2 amide bonds. The molecule has 1 aromatic heterocycles. The fraction of sp³-hybridized carbons (Fsp3) is 0.381. The molecule has 27 heavy (non-hydrogen) atoms. The van der Waals surface area contributed by atoms with Crippen molar-refractivity contribution in [1.82, 2.24) is 14.8 Å². The lowest BCUT2D eigenvalue weighted by molar-refractivity contribution is -0.140. The summed E-state index contributed by atoms with van der Waals surface area (Å²) in [5, 5.41) is 0. The molecule has 4 rings (SSSR count). The van der Waals surface area contributed by atoms with E-state index in [9.17, 15) is 9.59 Å². The molecule has 2 saturated heterocycles. The fourth-order valence-electron chi connectivity index (χ4n) is 3.89. The summed E-state index contributed by atoms with van der Waals surface area (Å²) in [6.07, 6.45) is 3.86. The number of methoxy groups -OCH3 is 1. The van der Waals surface area contributed by atoms with Crippen LogP contribution in [0.15, 0.2) is 48.8 Å². The van der Waals surface area contributed by atoms with Crippen LogP contribution in [0.2, 0.25) is 0 Å². The SMILES string of the molecule is COc1ccccc1CN1C[C@@H](C(=O)N2CC(c3ccncc3)C2)CC1=O. The van der Waals surface area contributed by atoms with Gasteiger partial charge in [-0.1, -0.05) is 18.2 Å². The molecule has 0 unspecified atom stereocenters. The topological polar surface area (TPSA) is 62.7 Å². The number of amides is 2. The zero-order chi connectivity index (χ0) is 18.8. The number of benzene rings is 1. The molecule has 6 heteroatoms. The summed E-state index contributed by atoms with van der Waals surface area (Å²) in [7, 11) is 1.63. The molecule has 0 bridgehead atoms. The maximum Gasteiger partial charge on any atom is 0.228 e. The van der Waals surface area contributed by atoms with Gasteiger partial charge < -0.3 is 14.5 Å². The van der Waals surface area contributed by atoms with Crippen LogP contribution in [0.5, 0.6) is 5.75 Å². The molecule has 2 aromatic rings. The minimum atomic E-state index is -0.245. The number of nitrogens with zero attached hydrogens (tertiary/aromatic N) is 3. The lowest BCUT2D eigenvalue weighted by Gasteiger charge is -2.40. The van der Waals surface area contributed by atoms with Crippen molar-refractivity contribution < 1.29 is 14.3 Å². The first-order chi connectivity index (χ1) is 13.2. The average molecular weight is 365 g/mol. The highest BCUT2D eigenvalue weighted by molar-refractivity contribution is 5.89. The third-order valence-electron chi connectivity index (χ3n) is 5.49. The van der Waals surface area contributed by atoms with E-state index in [1.807, 2.05) is 41.3 Å². The third kappa shape index (κ3) is 3.52. The fourth-order valence-corrected chi connectivity index (χ4v) is 3.89. The second-order valence-electron chi connectivity index (χ2n) is 7.21. The van der Waals surface area contributed by atoms with Crippen molar-refractivity contribution in [2.45, 2.75) is 18.9 Å². The van der Waals surface area contributed by atoms with E-state index in [1.54, 1.807) is 24.4 Å². The number of hydrogen-bond donors (Lipinski definition) is 0. The quantitative estimate of drug-likeness (QED) is 0.814. The Kier molecular flexibility index (Phi) is 4.79. The van der Waals surface area contributed by atoms with Gasteiger partial charge in [0, 0.05) is 56.5 Å². The van der Waals surface area contributed by atoms with Crippen LogP contribution < -0.4 is 4.74 Å². The maximum absolute atomic E-state index is 12.8. The first kappa shape index (κ1) is 17.5. The number of rotatable bonds is 5. The number of aromatic nitrogens is 1. The summed E-state index contributed by atoms with van der Waals surface area (Å²) in [6, 6.07) is 11.7. The van der Waals surface area contributed by atoms with Gasteiger partial charge in [0.05, 0.1) is 13.0 Å². The molecule has 1 atom stereocenters. The van der Waals surface area contributed by atoms with Gasteiger partial charge in [0.1, 0.15) is 5.75 Å². The first-order valence-electron chi connectivity index (χ1n) is 9.24. The molecule has 0 aliphatic carbocycles. The number of likely N-dealkylation sites (tertiary alicyclic amines) is 2. The zero-order valence-corrected chi connectivity index (χ0v) is 15.4. The van der Waals surface area contributed by atoms with Gasteiger partial charge in [-0.25, -0.2) is 0 Å². The summed E-state index contributed by atoms with van der Waals surface area (Å²) in [5.41, 5.74) is 2.18. The van der Waals surface area contributed by atoms with Crippen LogP contribution in [0.3, 0.4) is 0 Å². The van der Waals surface area contributed by atoms with Gasteiger partial charge in [-0.15, -0.1) is 0 Å². The smallest absolute Gasteiger partial charge is 0.228 e. The Morgan fingerprint density at radius 1 is 1.15 bits per heavy atom. The Hall–Kier alpha value is -2.89. The van der Waals surface area contributed by atoms with Crippen LogP contribution in [0.25, 0.3) is 0 Å². The van der Waals surface area contributed by atoms with E-state index in [-0.39, 0.29) is 17.7 Å². The van der Waals surface area contributed by atoms with Gasteiger partial charge in [0.15, 0.2) is 0 Å². The number of ether oxygens (including phenoxy) is 1. The van der Waals surface area contributed by atoms with Gasteiger partial charge in [-0.3, -0.25) is 14.6 Å². The van der Waals surface area contributed by atoms with E-state index in [4.69, 9.17) is 4.74 Å². The Labute approximate surface area is 158 Å². The molecule has 1 aromatic carbocycles. The number of carbonyl (C=O) groups is 2. The Morgan fingerprint density at radius 3 is 2.63 bits per heavy atom. The maximum atomic E-state index is 12.8. The molecule has 0 N–H and O–H groups in total. The van der Waals surface area contributed by atoms with Crippen molar-refractivity contribution in [1.29, 1.82) is 0 Å². The van der Waals surface area contributed by atoms with Crippen LogP contribution in [0.4, 0.5) is 0 Å².